The molecule has 1 aromatic rings. The first-order valence-electron chi connectivity index (χ1n) is 8.63. The molecule has 1 aliphatic rings. The standard InChI is InChI=1S/C19H27NO5Si/c1-19(2,3)26(5,6)25-17(14(9-10-20)18(21)22-4)13-7-8-15-16(11-13)24-12-23-15/h7-8,11,14,17H,9,12H2,1-6H3. The minimum Gasteiger partial charge on any atom is -0.469 e. The average Bonchev–Trinajstić information content (AvgIpc) is 3.03. The molecule has 2 unspecified atom stereocenters. The van der Waals surface area contributed by atoms with Crippen LogP contribution in [0.1, 0.15) is 38.9 Å². The van der Waals surface area contributed by atoms with Crippen molar-refractivity contribution in [1.82, 2.24) is 0 Å². The lowest BCUT2D eigenvalue weighted by atomic mass is 9.93. The summed E-state index contributed by atoms with van der Waals surface area (Å²) in [6, 6.07) is 7.58. The molecule has 0 bridgehead atoms. The highest BCUT2D eigenvalue weighted by Crippen LogP contribution is 2.44. The van der Waals surface area contributed by atoms with Gasteiger partial charge in [-0.2, -0.15) is 5.26 Å². The van der Waals surface area contributed by atoms with Crippen molar-refractivity contribution < 1.29 is 23.4 Å². The minimum absolute atomic E-state index is 0.0143. The quantitative estimate of drug-likeness (QED) is 0.547. The zero-order chi connectivity index (χ0) is 19.5. The smallest absolute Gasteiger partial charge is 0.312 e. The number of carbonyl (C=O) groups excluding carboxylic acids is 1. The van der Waals surface area contributed by atoms with Crippen LogP contribution in [0.25, 0.3) is 0 Å². The number of hydrogen-bond donors (Lipinski definition) is 0. The normalized spacial score (nSPS) is 15.9. The van der Waals surface area contributed by atoms with Gasteiger partial charge in [0.1, 0.15) is 0 Å². The first kappa shape index (κ1) is 20.3. The van der Waals surface area contributed by atoms with Crippen molar-refractivity contribution >= 4 is 14.3 Å². The summed E-state index contributed by atoms with van der Waals surface area (Å²) in [6.45, 7) is 10.8. The second kappa shape index (κ2) is 7.68. The SMILES string of the molecule is COC(=O)C(CC#N)C(O[Si](C)(C)C(C)(C)C)c1ccc2c(c1)OCO2. The number of esters is 1. The van der Waals surface area contributed by atoms with Gasteiger partial charge in [-0.15, -0.1) is 0 Å². The third kappa shape index (κ3) is 4.19. The van der Waals surface area contributed by atoms with Crippen LogP contribution in [0.15, 0.2) is 18.2 Å². The Bertz CT molecular complexity index is 705. The Labute approximate surface area is 156 Å². The number of nitrogens with zero attached hydrogens (tertiary/aromatic N) is 1. The van der Waals surface area contributed by atoms with E-state index in [1.54, 1.807) is 6.07 Å². The van der Waals surface area contributed by atoms with Crippen LogP contribution in [-0.4, -0.2) is 28.2 Å². The highest BCUT2D eigenvalue weighted by atomic mass is 28.4. The molecule has 26 heavy (non-hydrogen) atoms. The molecule has 7 heteroatoms. The largest absolute Gasteiger partial charge is 0.469 e. The summed E-state index contributed by atoms with van der Waals surface area (Å²) in [5, 5.41) is 9.20. The van der Waals surface area contributed by atoms with E-state index >= 15 is 0 Å². The summed E-state index contributed by atoms with van der Waals surface area (Å²) in [5.74, 6) is 0.119. The predicted octanol–water partition coefficient (Wildman–Crippen LogP) is 4.18. The van der Waals surface area contributed by atoms with E-state index in [0.29, 0.717) is 11.5 Å². The van der Waals surface area contributed by atoms with Gasteiger partial charge in [-0.05, 0) is 35.8 Å². The van der Waals surface area contributed by atoms with Gasteiger partial charge in [0.15, 0.2) is 19.8 Å². The first-order valence-corrected chi connectivity index (χ1v) is 11.5. The number of benzene rings is 1. The molecule has 1 aliphatic heterocycles. The van der Waals surface area contributed by atoms with Gasteiger partial charge in [0, 0.05) is 0 Å². The Morgan fingerprint density at radius 1 is 1.31 bits per heavy atom. The lowest BCUT2D eigenvalue weighted by Gasteiger charge is -2.40. The Kier molecular flexibility index (Phi) is 5.99. The number of nitriles is 1. The van der Waals surface area contributed by atoms with Gasteiger partial charge in [-0.25, -0.2) is 0 Å². The molecule has 0 saturated carbocycles. The van der Waals surface area contributed by atoms with Crippen LogP contribution in [0, 0.1) is 17.2 Å². The Morgan fingerprint density at radius 2 is 1.96 bits per heavy atom. The van der Waals surface area contributed by atoms with E-state index in [9.17, 15) is 10.1 Å². The molecule has 1 heterocycles. The lowest BCUT2D eigenvalue weighted by molar-refractivity contribution is -0.149. The van der Waals surface area contributed by atoms with Crippen molar-refractivity contribution in [3.05, 3.63) is 23.8 Å². The average molecular weight is 378 g/mol. The van der Waals surface area contributed by atoms with Crippen molar-refractivity contribution in [3.63, 3.8) is 0 Å². The summed E-state index contributed by atoms with van der Waals surface area (Å²) < 4.78 is 22.4. The van der Waals surface area contributed by atoms with Gasteiger partial charge >= 0.3 is 5.97 Å². The van der Waals surface area contributed by atoms with Crippen molar-refractivity contribution in [2.24, 2.45) is 5.92 Å². The van der Waals surface area contributed by atoms with E-state index < -0.39 is 26.3 Å². The van der Waals surface area contributed by atoms with Gasteiger partial charge in [0.05, 0.1) is 31.6 Å². The number of hydrogen-bond acceptors (Lipinski definition) is 6. The Hall–Kier alpha value is -2.04. The van der Waals surface area contributed by atoms with Crippen LogP contribution in [-0.2, 0) is 14.0 Å². The van der Waals surface area contributed by atoms with Gasteiger partial charge in [-0.3, -0.25) is 4.79 Å². The van der Waals surface area contributed by atoms with Crippen molar-refractivity contribution in [2.45, 2.75) is 51.4 Å². The van der Waals surface area contributed by atoms with Crippen molar-refractivity contribution in [3.8, 4) is 17.6 Å². The topological polar surface area (TPSA) is 77.8 Å². The number of methoxy groups -OCH3 is 1. The molecule has 6 nitrogen and oxygen atoms in total. The maximum absolute atomic E-state index is 12.4. The Morgan fingerprint density at radius 3 is 2.54 bits per heavy atom. The molecule has 142 valence electrons. The fraction of sp³-hybridized carbons (Fsp3) is 0.579. The number of ether oxygens (including phenoxy) is 3. The second-order valence-electron chi connectivity index (χ2n) is 7.90. The van der Waals surface area contributed by atoms with E-state index in [4.69, 9.17) is 18.6 Å². The number of fused-ring (bicyclic) bond motifs is 1. The third-order valence-electron chi connectivity index (χ3n) is 5.13. The molecule has 2 rings (SSSR count). The molecular weight excluding hydrogens is 350 g/mol. The van der Waals surface area contributed by atoms with E-state index in [1.807, 2.05) is 12.1 Å². The summed E-state index contributed by atoms with van der Waals surface area (Å²) in [5.41, 5.74) is 0.782. The molecule has 0 saturated heterocycles. The van der Waals surface area contributed by atoms with Crippen LogP contribution in [0.2, 0.25) is 18.1 Å². The molecular formula is C19H27NO5Si. The van der Waals surface area contributed by atoms with Crippen molar-refractivity contribution in [1.29, 1.82) is 5.26 Å². The van der Waals surface area contributed by atoms with Crippen LogP contribution in [0.5, 0.6) is 11.5 Å². The highest BCUT2D eigenvalue weighted by molar-refractivity contribution is 6.74. The van der Waals surface area contributed by atoms with E-state index in [0.717, 1.165) is 5.56 Å². The summed E-state index contributed by atoms with van der Waals surface area (Å²) in [4.78, 5) is 12.4. The van der Waals surface area contributed by atoms with Gasteiger partial charge in [0.2, 0.25) is 6.79 Å². The number of rotatable bonds is 6. The highest BCUT2D eigenvalue weighted by Gasteiger charge is 2.43. The van der Waals surface area contributed by atoms with E-state index in [2.05, 4.69) is 39.9 Å². The second-order valence-corrected chi connectivity index (χ2v) is 12.7. The van der Waals surface area contributed by atoms with Crippen LogP contribution >= 0.6 is 0 Å². The maximum atomic E-state index is 12.4. The van der Waals surface area contributed by atoms with Crippen molar-refractivity contribution in [2.75, 3.05) is 13.9 Å². The molecule has 0 N–H and O–H groups in total. The molecule has 1 aromatic carbocycles. The first-order chi connectivity index (χ1) is 12.1. The monoisotopic (exact) mass is 377 g/mol. The molecule has 0 radical (unpaired) electrons. The Balaban J connectivity index is 2.47. The third-order valence-corrected chi connectivity index (χ3v) is 9.59. The summed E-state index contributed by atoms with van der Waals surface area (Å²) >= 11 is 0. The molecule has 0 aromatic heterocycles. The molecule has 0 spiro atoms. The molecule has 2 atom stereocenters. The minimum atomic E-state index is -2.22. The molecule has 0 amide bonds. The summed E-state index contributed by atoms with van der Waals surface area (Å²) in [7, 11) is -0.887. The van der Waals surface area contributed by atoms with Crippen LogP contribution < -0.4 is 9.47 Å². The molecule has 0 fully saturated rings. The van der Waals surface area contributed by atoms with Crippen LogP contribution in [0.4, 0.5) is 0 Å². The summed E-state index contributed by atoms with van der Waals surface area (Å²) in [6.07, 6.45) is -0.571. The number of carbonyl (C=O) groups is 1. The van der Waals surface area contributed by atoms with Gasteiger partial charge in [-0.1, -0.05) is 26.8 Å². The van der Waals surface area contributed by atoms with Crippen LogP contribution in [0.3, 0.4) is 0 Å². The molecule has 0 aliphatic carbocycles. The fourth-order valence-corrected chi connectivity index (χ4v) is 3.82. The fourth-order valence-electron chi connectivity index (χ4n) is 2.53. The predicted molar refractivity (Wildman–Crippen MR) is 99.3 cm³/mol. The zero-order valence-electron chi connectivity index (χ0n) is 16.3. The van der Waals surface area contributed by atoms with Gasteiger partial charge < -0.3 is 18.6 Å². The lowest BCUT2D eigenvalue weighted by Crippen LogP contribution is -2.44. The zero-order valence-corrected chi connectivity index (χ0v) is 17.3. The maximum Gasteiger partial charge on any atom is 0.312 e. The van der Waals surface area contributed by atoms with Gasteiger partial charge in [0.25, 0.3) is 0 Å². The van der Waals surface area contributed by atoms with E-state index in [-0.39, 0.29) is 18.3 Å². The van der Waals surface area contributed by atoms with E-state index in [1.165, 1.54) is 7.11 Å².